The Labute approximate surface area is 145 Å². The zero-order valence-electron chi connectivity index (χ0n) is 14.4. The molecule has 2 amide bonds. The van der Waals surface area contributed by atoms with Crippen LogP contribution in [0.4, 0.5) is 9.18 Å². The Balaban J connectivity index is 1.81. The number of halogens is 1. The van der Waals surface area contributed by atoms with Crippen LogP contribution in [0.1, 0.15) is 30.0 Å². The second-order valence-electron chi connectivity index (χ2n) is 5.81. The number of piperazine rings is 1. The first-order chi connectivity index (χ1) is 12.0. The molecule has 1 aliphatic heterocycles. The third-order valence-corrected chi connectivity index (χ3v) is 4.28. The molecular formula is C17H21FN4O3. The number of carbonyl (C=O) groups is 2. The number of hydrogen-bond acceptors (Lipinski definition) is 4. The van der Waals surface area contributed by atoms with Gasteiger partial charge in [0.15, 0.2) is 0 Å². The highest BCUT2D eigenvalue weighted by atomic mass is 19.1. The monoisotopic (exact) mass is 348 g/mol. The maximum atomic E-state index is 13.6. The zero-order chi connectivity index (χ0) is 18.0. The van der Waals surface area contributed by atoms with Crippen molar-refractivity contribution in [2.45, 2.75) is 20.3 Å². The van der Waals surface area contributed by atoms with Crippen LogP contribution in [0.2, 0.25) is 0 Å². The van der Waals surface area contributed by atoms with Gasteiger partial charge in [-0.2, -0.15) is 0 Å². The van der Waals surface area contributed by atoms with Gasteiger partial charge < -0.3 is 14.5 Å². The highest BCUT2D eigenvalue weighted by Gasteiger charge is 2.28. The van der Waals surface area contributed by atoms with E-state index in [9.17, 15) is 14.0 Å². The molecule has 0 aliphatic carbocycles. The lowest BCUT2D eigenvalue weighted by Gasteiger charge is -2.34. The summed E-state index contributed by atoms with van der Waals surface area (Å²) >= 11 is 0. The molecule has 1 saturated heterocycles. The van der Waals surface area contributed by atoms with Crippen LogP contribution in [-0.4, -0.2) is 64.0 Å². The number of ether oxygens (including phenoxy) is 1. The number of imidazole rings is 1. The summed E-state index contributed by atoms with van der Waals surface area (Å²) in [7, 11) is 0. The fourth-order valence-corrected chi connectivity index (χ4v) is 3.00. The summed E-state index contributed by atoms with van der Waals surface area (Å²) < 4.78 is 20.1. The van der Waals surface area contributed by atoms with Gasteiger partial charge in [0.25, 0.3) is 5.91 Å². The lowest BCUT2D eigenvalue weighted by Crippen LogP contribution is -2.51. The van der Waals surface area contributed by atoms with E-state index in [1.807, 2.05) is 6.92 Å². The quantitative estimate of drug-likeness (QED) is 0.850. The fourth-order valence-electron chi connectivity index (χ4n) is 3.00. The maximum Gasteiger partial charge on any atom is 0.409 e. The van der Waals surface area contributed by atoms with Gasteiger partial charge in [-0.05, 0) is 25.5 Å². The zero-order valence-corrected chi connectivity index (χ0v) is 14.4. The topological polar surface area (TPSA) is 67.2 Å². The summed E-state index contributed by atoms with van der Waals surface area (Å²) in [5.41, 5.74) is 1.58. The predicted octanol–water partition coefficient (Wildman–Crippen LogP) is 1.95. The largest absolute Gasteiger partial charge is 0.450 e. The molecule has 134 valence electrons. The van der Waals surface area contributed by atoms with Crippen LogP contribution in [0.15, 0.2) is 18.3 Å². The number of amides is 2. The van der Waals surface area contributed by atoms with Crippen LogP contribution >= 0.6 is 0 Å². The molecule has 1 fully saturated rings. The molecule has 7 nitrogen and oxygen atoms in total. The summed E-state index contributed by atoms with van der Waals surface area (Å²) in [6.45, 7) is 5.63. The lowest BCUT2D eigenvalue weighted by atomic mass is 10.2. The molecule has 0 spiro atoms. The van der Waals surface area contributed by atoms with Crippen molar-refractivity contribution in [2.75, 3.05) is 32.8 Å². The van der Waals surface area contributed by atoms with E-state index in [2.05, 4.69) is 4.98 Å². The SMILES string of the molecule is CCOC(=O)N1CCN(C(=O)c2c(CC)nc3ccc(F)cn23)CC1. The molecule has 0 N–H and O–H groups in total. The highest BCUT2D eigenvalue weighted by molar-refractivity contribution is 5.95. The third kappa shape index (κ3) is 3.29. The minimum Gasteiger partial charge on any atom is -0.450 e. The van der Waals surface area contributed by atoms with Crippen molar-refractivity contribution >= 4 is 17.6 Å². The van der Waals surface area contributed by atoms with Crippen molar-refractivity contribution < 1.29 is 18.7 Å². The van der Waals surface area contributed by atoms with Crippen LogP contribution in [0, 0.1) is 5.82 Å². The lowest BCUT2D eigenvalue weighted by molar-refractivity contribution is 0.0564. The van der Waals surface area contributed by atoms with E-state index in [4.69, 9.17) is 4.74 Å². The molecular weight excluding hydrogens is 327 g/mol. The third-order valence-electron chi connectivity index (χ3n) is 4.28. The molecule has 0 aromatic carbocycles. The average molecular weight is 348 g/mol. The summed E-state index contributed by atoms with van der Waals surface area (Å²) in [6, 6.07) is 2.89. The number of nitrogens with zero attached hydrogens (tertiary/aromatic N) is 4. The van der Waals surface area contributed by atoms with E-state index in [0.717, 1.165) is 0 Å². The van der Waals surface area contributed by atoms with Gasteiger partial charge in [-0.25, -0.2) is 14.2 Å². The Morgan fingerprint density at radius 1 is 1.16 bits per heavy atom. The molecule has 0 bridgehead atoms. The van der Waals surface area contributed by atoms with Crippen LogP contribution in [0.25, 0.3) is 5.65 Å². The van der Waals surface area contributed by atoms with E-state index in [0.29, 0.717) is 56.2 Å². The number of carbonyl (C=O) groups excluding carboxylic acids is 2. The Bertz CT molecular complexity index is 797. The summed E-state index contributed by atoms with van der Waals surface area (Å²) in [6.07, 6.45) is 1.50. The minimum absolute atomic E-state index is 0.196. The van der Waals surface area contributed by atoms with Crippen LogP contribution < -0.4 is 0 Å². The van der Waals surface area contributed by atoms with Crippen molar-refractivity contribution in [1.82, 2.24) is 19.2 Å². The molecule has 8 heteroatoms. The smallest absolute Gasteiger partial charge is 0.409 e. The molecule has 25 heavy (non-hydrogen) atoms. The van der Waals surface area contributed by atoms with Crippen LogP contribution in [0.3, 0.4) is 0 Å². The maximum absolute atomic E-state index is 13.6. The summed E-state index contributed by atoms with van der Waals surface area (Å²) in [5, 5.41) is 0. The molecule has 0 atom stereocenters. The molecule has 0 radical (unpaired) electrons. The van der Waals surface area contributed by atoms with E-state index in [1.165, 1.54) is 16.7 Å². The summed E-state index contributed by atoms with van der Waals surface area (Å²) in [5.74, 6) is -0.618. The molecule has 0 saturated carbocycles. The first-order valence-electron chi connectivity index (χ1n) is 8.42. The standard InChI is InChI=1S/C17H21FN4O3/c1-3-13-15(22-11-12(18)5-6-14(22)19-13)16(23)20-7-9-21(10-8-20)17(24)25-4-2/h5-6,11H,3-4,7-10H2,1-2H3. The van der Waals surface area contributed by atoms with Crippen molar-refractivity contribution in [1.29, 1.82) is 0 Å². The number of aryl methyl sites for hydroxylation is 1. The molecule has 3 heterocycles. The molecule has 2 aromatic rings. The van der Waals surface area contributed by atoms with E-state index in [-0.39, 0.29) is 12.0 Å². The van der Waals surface area contributed by atoms with Crippen molar-refractivity contribution in [3.8, 4) is 0 Å². The number of fused-ring (bicyclic) bond motifs is 1. The molecule has 3 rings (SSSR count). The van der Waals surface area contributed by atoms with E-state index < -0.39 is 5.82 Å². The molecule has 0 unspecified atom stereocenters. The van der Waals surface area contributed by atoms with Gasteiger partial charge >= 0.3 is 6.09 Å². The second kappa shape index (κ2) is 7.08. The van der Waals surface area contributed by atoms with Crippen molar-refractivity contribution in [3.05, 3.63) is 35.5 Å². The Kier molecular flexibility index (Phi) is 4.87. The van der Waals surface area contributed by atoms with Gasteiger partial charge in [-0.1, -0.05) is 6.92 Å². The van der Waals surface area contributed by atoms with E-state index >= 15 is 0 Å². The van der Waals surface area contributed by atoms with Gasteiger partial charge in [-0.15, -0.1) is 0 Å². The Morgan fingerprint density at radius 3 is 2.48 bits per heavy atom. The predicted molar refractivity (Wildman–Crippen MR) is 89.0 cm³/mol. The number of pyridine rings is 1. The first-order valence-corrected chi connectivity index (χ1v) is 8.42. The van der Waals surface area contributed by atoms with Crippen molar-refractivity contribution in [2.24, 2.45) is 0 Å². The van der Waals surface area contributed by atoms with Crippen LogP contribution in [0.5, 0.6) is 0 Å². The normalized spacial score (nSPS) is 14.8. The van der Waals surface area contributed by atoms with Crippen molar-refractivity contribution in [3.63, 3.8) is 0 Å². The highest BCUT2D eigenvalue weighted by Crippen LogP contribution is 2.18. The fraction of sp³-hybridized carbons (Fsp3) is 0.471. The molecule has 1 aliphatic rings. The van der Waals surface area contributed by atoms with Gasteiger partial charge in [0.1, 0.15) is 17.2 Å². The van der Waals surface area contributed by atoms with Crippen LogP contribution in [-0.2, 0) is 11.2 Å². The Hall–Kier alpha value is -2.64. The summed E-state index contributed by atoms with van der Waals surface area (Å²) in [4.78, 5) is 32.4. The number of rotatable bonds is 3. The number of hydrogen-bond donors (Lipinski definition) is 0. The molecule has 2 aromatic heterocycles. The first kappa shape index (κ1) is 17.2. The number of aromatic nitrogens is 2. The van der Waals surface area contributed by atoms with Gasteiger partial charge in [0, 0.05) is 32.4 Å². The van der Waals surface area contributed by atoms with Gasteiger partial charge in [0.2, 0.25) is 0 Å². The van der Waals surface area contributed by atoms with Gasteiger partial charge in [-0.3, -0.25) is 9.20 Å². The van der Waals surface area contributed by atoms with Gasteiger partial charge in [0.05, 0.1) is 12.3 Å². The Morgan fingerprint density at radius 2 is 1.84 bits per heavy atom. The average Bonchev–Trinajstić information content (AvgIpc) is 2.99. The minimum atomic E-state index is -0.422. The second-order valence-corrected chi connectivity index (χ2v) is 5.81. The van der Waals surface area contributed by atoms with E-state index in [1.54, 1.807) is 22.8 Å².